The van der Waals surface area contributed by atoms with Crippen LogP contribution in [0, 0.1) is 0 Å². The van der Waals surface area contributed by atoms with Crippen molar-refractivity contribution in [3.05, 3.63) is 0 Å². The zero-order chi connectivity index (χ0) is 18.2. The predicted octanol–water partition coefficient (Wildman–Crippen LogP) is -6.08. The van der Waals surface area contributed by atoms with E-state index in [1.54, 1.807) is 0 Å². The molecule has 12 heteroatoms. The molecular formula is C12H22O12. The van der Waals surface area contributed by atoms with Crippen LogP contribution in [0.25, 0.3) is 0 Å². The van der Waals surface area contributed by atoms with Gasteiger partial charge in [0.1, 0.15) is 42.7 Å². The zero-order valence-electron chi connectivity index (χ0n) is 12.4. The Bertz CT molecular complexity index is 419. The van der Waals surface area contributed by atoms with Crippen molar-refractivity contribution in [1.82, 2.24) is 0 Å². The summed E-state index contributed by atoms with van der Waals surface area (Å²) in [6.07, 6.45) is -16.1. The topological polar surface area (TPSA) is 210 Å². The highest BCUT2D eigenvalue weighted by atomic mass is 16.9. The number of rotatable bonds is 4. The molecule has 12 nitrogen and oxygen atoms in total. The normalized spacial score (nSPS) is 53.1. The Balaban J connectivity index is 2.18. The van der Waals surface area contributed by atoms with Crippen LogP contribution in [0.15, 0.2) is 0 Å². The minimum atomic E-state index is -3.01. The molecule has 0 unspecified atom stereocenters. The molecule has 0 aromatic rings. The van der Waals surface area contributed by atoms with Crippen LogP contribution in [0.4, 0.5) is 0 Å². The van der Waals surface area contributed by atoms with E-state index in [0.717, 1.165) is 0 Å². The maximum Gasteiger partial charge on any atom is 0.313 e. The average molecular weight is 358 g/mol. The largest absolute Gasteiger partial charge is 0.394 e. The number of aliphatic hydroxyl groups excluding tert-OH is 8. The van der Waals surface area contributed by atoms with Gasteiger partial charge in [0, 0.05) is 0 Å². The quantitative estimate of drug-likeness (QED) is 0.215. The molecule has 2 aliphatic heterocycles. The van der Waals surface area contributed by atoms with Crippen molar-refractivity contribution >= 4 is 0 Å². The highest BCUT2D eigenvalue weighted by Gasteiger charge is 2.57. The summed E-state index contributed by atoms with van der Waals surface area (Å²) in [5.41, 5.74) is 0. The summed E-state index contributed by atoms with van der Waals surface area (Å²) < 4.78 is 14.7. The highest BCUT2D eigenvalue weighted by molar-refractivity contribution is 4.94. The van der Waals surface area contributed by atoms with Gasteiger partial charge in [0.25, 0.3) is 0 Å². The molecule has 0 spiro atoms. The lowest BCUT2D eigenvalue weighted by atomic mass is 9.97. The molecule has 9 N–H and O–H groups in total. The van der Waals surface area contributed by atoms with Crippen molar-refractivity contribution in [2.45, 2.75) is 61.1 Å². The van der Waals surface area contributed by atoms with Crippen LogP contribution < -0.4 is 0 Å². The van der Waals surface area contributed by atoms with E-state index in [0.29, 0.717) is 0 Å². The lowest BCUT2D eigenvalue weighted by Crippen LogP contribution is -2.69. The van der Waals surface area contributed by atoms with Gasteiger partial charge in [0.2, 0.25) is 0 Å². The lowest BCUT2D eigenvalue weighted by Gasteiger charge is -2.48. The fourth-order valence-electron chi connectivity index (χ4n) is 2.55. The second-order valence-corrected chi connectivity index (χ2v) is 5.71. The molecule has 0 aromatic carbocycles. The first-order valence-corrected chi connectivity index (χ1v) is 7.19. The monoisotopic (exact) mass is 358 g/mol. The van der Waals surface area contributed by atoms with E-state index in [1.807, 2.05) is 0 Å². The van der Waals surface area contributed by atoms with Gasteiger partial charge in [-0.2, -0.15) is 0 Å². The predicted molar refractivity (Wildman–Crippen MR) is 69.8 cm³/mol. The number of ether oxygens (including phenoxy) is 3. The van der Waals surface area contributed by atoms with Gasteiger partial charge in [0.05, 0.1) is 13.2 Å². The van der Waals surface area contributed by atoms with Crippen LogP contribution in [0.3, 0.4) is 0 Å². The molecule has 24 heavy (non-hydrogen) atoms. The maximum absolute atomic E-state index is 10.2. The van der Waals surface area contributed by atoms with Crippen molar-refractivity contribution < 1.29 is 60.2 Å². The van der Waals surface area contributed by atoms with Gasteiger partial charge in [-0.05, 0) is 0 Å². The van der Waals surface area contributed by atoms with E-state index in [4.69, 9.17) is 24.4 Å². The van der Waals surface area contributed by atoms with Crippen LogP contribution in [0.1, 0.15) is 0 Å². The summed E-state index contributed by atoms with van der Waals surface area (Å²) >= 11 is 0. The molecule has 0 amide bonds. The number of hydrogen-bond donors (Lipinski definition) is 9. The Morgan fingerprint density at radius 1 is 0.750 bits per heavy atom. The van der Waals surface area contributed by atoms with Crippen molar-refractivity contribution in [3.63, 3.8) is 0 Å². The molecule has 2 heterocycles. The van der Waals surface area contributed by atoms with Crippen molar-refractivity contribution in [3.8, 4) is 0 Å². The second kappa shape index (κ2) is 7.41. The molecular weight excluding hydrogens is 336 g/mol. The maximum atomic E-state index is 10.2. The van der Waals surface area contributed by atoms with E-state index in [-0.39, 0.29) is 0 Å². The van der Waals surface area contributed by atoms with Crippen LogP contribution in [0.2, 0.25) is 0 Å². The minimum Gasteiger partial charge on any atom is -0.394 e. The van der Waals surface area contributed by atoms with Crippen LogP contribution >= 0.6 is 0 Å². The van der Waals surface area contributed by atoms with Crippen LogP contribution in [-0.4, -0.2) is 120 Å². The molecule has 2 saturated heterocycles. The summed E-state index contributed by atoms with van der Waals surface area (Å²) in [7, 11) is 0. The number of aliphatic hydroxyl groups is 9. The van der Waals surface area contributed by atoms with Gasteiger partial charge in [-0.1, -0.05) is 0 Å². The summed E-state index contributed by atoms with van der Waals surface area (Å²) in [5, 5.41) is 86.7. The first-order chi connectivity index (χ1) is 11.2. The summed E-state index contributed by atoms with van der Waals surface area (Å²) in [5.74, 6) is -3.01. The van der Waals surface area contributed by atoms with Crippen LogP contribution in [0.5, 0.6) is 0 Å². The smallest absolute Gasteiger partial charge is 0.313 e. The molecule has 0 radical (unpaired) electrons. The van der Waals surface area contributed by atoms with Gasteiger partial charge >= 0.3 is 5.97 Å². The van der Waals surface area contributed by atoms with E-state index in [1.165, 1.54) is 0 Å². The molecule has 0 saturated carbocycles. The van der Waals surface area contributed by atoms with E-state index < -0.39 is 74.3 Å². The first kappa shape index (κ1) is 19.8. The lowest BCUT2D eigenvalue weighted by molar-refractivity contribution is -0.488. The minimum absolute atomic E-state index is 0.757. The van der Waals surface area contributed by atoms with Crippen molar-refractivity contribution in [2.75, 3.05) is 13.2 Å². The first-order valence-electron chi connectivity index (χ1n) is 7.19. The standard InChI is InChI=1S/C12H22O12/c13-1-3-5(15)7(17)9(19)11(22-3)24-12(21)10(20)8(18)6(16)4(2-14)23-12/h3-11,13-21H,1-2H2/t3-,4-,5+,6+,7+,8+,9+,10-,11+,12+/m1/s1. The fraction of sp³-hybridized carbons (Fsp3) is 1.00. The van der Waals surface area contributed by atoms with Gasteiger partial charge < -0.3 is 55.4 Å². The molecule has 10 atom stereocenters. The van der Waals surface area contributed by atoms with E-state index >= 15 is 0 Å². The Kier molecular flexibility index (Phi) is 6.12. The zero-order valence-corrected chi connectivity index (χ0v) is 12.4. The third-order valence-corrected chi connectivity index (χ3v) is 4.06. The van der Waals surface area contributed by atoms with Crippen molar-refractivity contribution in [2.24, 2.45) is 0 Å². The SMILES string of the molecule is OC[C@H]1O[C@@H](O[C@@]2(O)O[C@H](CO)[C@H](O)[C@H](O)[C@H]2O)[C@@H](O)[C@@H](O)[C@H]1O. The third kappa shape index (κ3) is 3.41. The Hall–Kier alpha value is -0.480. The molecule has 0 bridgehead atoms. The van der Waals surface area contributed by atoms with Gasteiger partial charge in [-0.3, -0.25) is 4.74 Å². The Labute approximate surface area is 135 Å². The molecule has 2 rings (SSSR count). The summed E-state index contributed by atoms with van der Waals surface area (Å²) in [4.78, 5) is 0. The van der Waals surface area contributed by atoms with E-state index in [2.05, 4.69) is 0 Å². The molecule has 0 aromatic heterocycles. The number of hydrogen-bond acceptors (Lipinski definition) is 12. The second-order valence-electron chi connectivity index (χ2n) is 5.71. The Morgan fingerprint density at radius 3 is 1.83 bits per heavy atom. The molecule has 0 aliphatic carbocycles. The highest BCUT2D eigenvalue weighted by Crippen LogP contribution is 2.33. The van der Waals surface area contributed by atoms with Gasteiger partial charge in [-0.25, -0.2) is 0 Å². The van der Waals surface area contributed by atoms with Crippen LogP contribution in [-0.2, 0) is 14.2 Å². The van der Waals surface area contributed by atoms with Crippen molar-refractivity contribution in [1.29, 1.82) is 0 Å². The molecule has 2 aliphatic rings. The summed E-state index contributed by atoms with van der Waals surface area (Å²) in [6.45, 7) is -1.60. The van der Waals surface area contributed by atoms with Gasteiger partial charge in [0.15, 0.2) is 12.4 Å². The fourth-order valence-corrected chi connectivity index (χ4v) is 2.55. The average Bonchev–Trinajstić information content (AvgIpc) is 2.57. The van der Waals surface area contributed by atoms with Gasteiger partial charge in [-0.15, -0.1) is 0 Å². The third-order valence-electron chi connectivity index (χ3n) is 4.06. The Morgan fingerprint density at radius 2 is 1.29 bits per heavy atom. The molecule has 2 fully saturated rings. The molecule has 142 valence electrons. The van der Waals surface area contributed by atoms with E-state index in [9.17, 15) is 35.7 Å². The summed E-state index contributed by atoms with van der Waals surface area (Å²) in [6, 6.07) is 0.